The molecular formula is C19H22N4O. The molecule has 1 aliphatic rings. The lowest BCUT2D eigenvalue weighted by Crippen LogP contribution is -2.23. The molecule has 5 nitrogen and oxygen atoms in total. The monoisotopic (exact) mass is 322 g/mol. The van der Waals surface area contributed by atoms with E-state index in [0.717, 1.165) is 42.4 Å². The van der Waals surface area contributed by atoms with E-state index < -0.39 is 0 Å². The number of nitrogens with zero attached hydrogens (tertiary/aromatic N) is 2. The summed E-state index contributed by atoms with van der Waals surface area (Å²) in [6.07, 6.45) is 1.17. The van der Waals surface area contributed by atoms with Crippen molar-refractivity contribution in [2.75, 3.05) is 37.0 Å². The Morgan fingerprint density at radius 3 is 2.92 bits per heavy atom. The number of fused-ring (bicyclic) bond motifs is 1. The van der Waals surface area contributed by atoms with Crippen LogP contribution in [0.4, 0.5) is 11.6 Å². The summed E-state index contributed by atoms with van der Waals surface area (Å²) in [5.74, 6) is 2.40. The number of aromatic amines is 1. The SMILES string of the molecule is COc1ccccc1N1CCC(CNc2nc3ccccc3[nH]2)C1. The minimum Gasteiger partial charge on any atom is -0.495 e. The lowest BCUT2D eigenvalue weighted by molar-refractivity contribution is 0.414. The van der Waals surface area contributed by atoms with Gasteiger partial charge in [-0.3, -0.25) is 0 Å². The molecule has 0 aliphatic carbocycles. The third-order valence-corrected chi connectivity index (χ3v) is 4.66. The third kappa shape index (κ3) is 2.89. The van der Waals surface area contributed by atoms with Gasteiger partial charge in [-0.15, -0.1) is 0 Å². The van der Waals surface area contributed by atoms with E-state index in [1.54, 1.807) is 7.11 Å². The lowest BCUT2D eigenvalue weighted by atomic mass is 10.1. The van der Waals surface area contributed by atoms with Gasteiger partial charge in [0.05, 0.1) is 23.8 Å². The number of para-hydroxylation sites is 4. The van der Waals surface area contributed by atoms with Crippen LogP contribution < -0.4 is 15.0 Å². The van der Waals surface area contributed by atoms with Crippen LogP contribution in [0.25, 0.3) is 11.0 Å². The van der Waals surface area contributed by atoms with Crippen LogP contribution in [0.5, 0.6) is 5.75 Å². The van der Waals surface area contributed by atoms with E-state index in [4.69, 9.17) is 4.74 Å². The molecule has 1 aliphatic heterocycles. The van der Waals surface area contributed by atoms with E-state index in [0.29, 0.717) is 5.92 Å². The molecule has 124 valence electrons. The molecule has 1 saturated heterocycles. The predicted octanol–water partition coefficient (Wildman–Crippen LogP) is 3.51. The van der Waals surface area contributed by atoms with Gasteiger partial charge in [-0.1, -0.05) is 24.3 Å². The zero-order valence-electron chi connectivity index (χ0n) is 13.8. The second-order valence-corrected chi connectivity index (χ2v) is 6.26. The zero-order chi connectivity index (χ0) is 16.4. The summed E-state index contributed by atoms with van der Waals surface area (Å²) in [6.45, 7) is 3.02. The number of anilines is 2. The summed E-state index contributed by atoms with van der Waals surface area (Å²) in [5, 5.41) is 3.45. The largest absolute Gasteiger partial charge is 0.495 e. The topological polar surface area (TPSA) is 53.2 Å². The van der Waals surface area contributed by atoms with Crippen LogP contribution in [0.15, 0.2) is 48.5 Å². The van der Waals surface area contributed by atoms with Gasteiger partial charge in [0.1, 0.15) is 5.75 Å². The van der Waals surface area contributed by atoms with Crippen LogP contribution in [-0.2, 0) is 0 Å². The Bertz CT molecular complexity index is 796. The Labute approximate surface area is 141 Å². The number of aromatic nitrogens is 2. The fourth-order valence-electron chi connectivity index (χ4n) is 3.39. The number of methoxy groups -OCH3 is 1. The maximum absolute atomic E-state index is 5.48. The van der Waals surface area contributed by atoms with Gasteiger partial charge in [0.2, 0.25) is 5.95 Å². The third-order valence-electron chi connectivity index (χ3n) is 4.66. The molecule has 0 amide bonds. The summed E-state index contributed by atoms with van der Waals surface area (Å²) in [6, 6.07) is 16.3. The molecule has 0 spiro atoms. The molecule has 1 unspecified atom stereocenters. The number of nitrogens with one attached hydrogen (secondary N) is 2. The Morgan fingerprint density at radius 1 is 1.21 bits per heavy atom. The van der Waals surface area contributed by atoms with Crippen LogP contribution in [0.3, 0.4) is 0 Å². The number of benzene rings is 2. The van der Waals surface area contributed by atoms with Crippen molar-refractivity contribution in [3.8, 4) is 5.75 Å². The highest BCUT2D eigenvalue weighted by Gasteiger charge is 2.24. The van der Waals surface area contributed by atoms with Crippen LogP contribution in [0.1, 0.15) is 6.42 Å². The summed E-state index contributed by atoms with van der Waals surface area (Å²) in [5.41, 5.74) is 3.26. The Balaban J connectivity index is 1.38. The second-order valence-electron chi connectivity index (χ2n) is 6.26. The highest BCUT2D eigenvalue weighted by atomic mass is 16.5. The van der Waals surface area contributed by atoms with E-state index in [9.17, 15) is 0 Å². The van der Waals surface area contributed by atoms with Crippen molar-refractivity contribution in [3.05, 3.63) is 48.5 Å². The predicted molar refractivity (Wildman–Crippen MR) is 97.9 cm³/mol. The molecule has 2 heterocycles. The molecule has 0 bridgehead atoms. The van der Waals surface area contributed by atoms with Gasteiger partial charge in [0.25, 0.3) is 0 Å². The first-order valence-corrected chi connectivity index (χ1v) is 8.40. The summed E-state index contributed by atoms with van der Waals surface area (Å²) in [7, 11) is 1.73. The minimum absolute atomic E-state index is 0.600. The standard InChI is InChI=1S/C19H22N4O/c1-24-18-9-5-4-8-17(18)23-11-10-14(13-23)12-20-19-21-15-6-2-3-7-16(15)22-19/h2-9,14H,10-13H2,1H3,(H2,20,21,22). The number of hydrogen-bond donors (Lipinski definition) is 2. The fraction of sp³-hybridized carbons (Fsp3) is 0.316. The van der Waals surface area contributed by atoms with E-state index in [1.165, 1.54) is 12.1 Å². The summed E-state index contributed by atoms with van der Waals surface area (Å²) in [4.78, 5) is 10.3. The summed E-state index contributed by atoms with van der Waals surface area (Å²) >= 11 is 0. The van der Waals surface area contributed by atoms with Gasteiger partial charge >= 0.3 is 0 Å². The van der Waals surface area contributed by atoms with Crippen molar-refractivity contribution in [2.45, 2.75) is 6.42 Å². The van der Waals surface area contributed by atoms with Crippen molar-refractivity contribution in [3.63, 3.8) is 0 Å². The second kappa shape index (κ2) is 6.43. The van der Waals surface area contributed by atoms with Crippen molar-refractivity contribution in [2.24, 2.45) is 5.92 Å². The van der Waals surface area contributed by atoms with Gasteiger partial charge in [-0.2, -0.15) is 0 Å². The molecule has 1 atom stereocenters. The summed E-state index contributed by atoms with van der Waals surface area (Å²) < 4.78 is 5.48. The van der Waals surface area contributed by atoms with Gasteiger partial charge in [0, 0.05) is 19.6 Å². The van der Waals surface area contributed by atoms with Crippen LogP contribution in [0.2, 0.25) is 0 Å². The number of H-pyrrole nitrogens is 1. The quantitative estimate of drug-likeness (QED) is 0.755. The van der Waals surface area contributed by atoms with Crippen molar-refractivity contribution < 1.29 is 4.74 Å². The Hall–Kier alpha value is -2.69. The molecule has 2 aromatic carbocycles. The number of ether oxygens (including phenoxy) is 1. The van der Waals surface area contributed by atoms with E-state index >= 15 is 0 Å². The molecule has 24 heavy (non-hydrogen) atoms. The zero-order valence-corrected chi connectivity index (χ0v) is 13.8. The normalized spacial score (nSPS) is 17.4. The number of rotatable bonds is 5. The first-order chi connectivity index (χ1) is 11.8. The maximum atomic E-state index is 5.48. The molecule has 1 aromatic heterocycles. The highest BCUT2D eigenvalue weighted by Crippen LogP contribution is 2.32. The van der Waals surface area contributed by atoms with Crippen LogP contribution in [0, 0.1) is 5.92 Å². The average Bonchev–Trinajstić information content (AvgIpc) is 3.26. The van der Waals surface area contributed by atoms with Gasteiger partial charge in [-0.25, -0.2) is 4.98 Å². The molecular weight excluding hydrogens is 300 g/mol. The first-order valence-electron chi connectivity index (χ1n) is 8.40. The molecule has 5 heteroatoms. The lowest BCUT2D eigenvalue weighted by Gasteiger charge is -2.21. The van der Waals surface area contributed by atoms with Crippen molar-refractivity contribution in [1.29, 1.82) is 0 Å². The molecule has 0 saturated carbocycles. The van der Waals surface area contributed by atoms with Crippen LogP contribution in [-0.4, -0.2) is 36.7 Å². The van der Waals surface area contributed by atoms with E-state index in [1.807, 2.05) is 36.4 Å². The Morgan fingerprint density at radius 2 is 2.04 bits per heavy atom. The van der Waals surface area contributed by atoms with Gasteiger partial charge in [0.15, 0.2) is 0 Å². The van der Waals surface area contributed by atoms with Gasteiger partial charge in [-0.05, 0) is 36.6 Å². The highest BCUT2D eigenvalue weighted by molar-refractivity contribution is 5.77. The van der Waals surface area contributed by atoms with E-state index in [2.05, 4.69) is 32.3 Å². The Kier molecular flexibility index (Phi) is 3.99. The fourth-order valence-corrected chi connectivity index (χ4v) is 3.39. The smallest absolute Gasteiger partial charge is 0.201 e. The molecule has 4 rings (SSSR count). The number of hydrogen-bond acceptors (Lipinski definition) is 4. The molecule has 2 N–H and O–H groups in total. The molecule has 3 aromatic rings. The minimum atomic E-state index is 0.600. The van der Waals surface area contributed by atoms with Crippen molar-refractivity contribution in [1.82, 2.24) is 9.97 Å². The molecule has 1 fully saturated rings. The van der Waals surface area contributed by atoms with Crippen molar-refractivity contribution >= 4 is 22.7 Å². The van der Waals surface area contributed by atoms with Gasteiger partial charge < -0.3 is 19.9 Å². The molecule has 0 radical (unpaired) electrons. The van der Waals surface area contributed by atoms with E-state index in [-0.39, 0.29) is 0 Å². The van der Waals surface area contributed by atoms with Crippen LogP contribution >= 0.6 is 0 Å². The first kappa shape index (κ1) is 14.9. The number of imidazole rings is 1. The average molecular weight is 322 g/mol. The maximum Gasteiger partial charge on any atom is 0.201 e.